The molecule has 2 rings (SSSR count). The SMILES string of the molecule is CC(C)CCOc1ccccc1CCNC(=O)N1CC(O)C1. The maximum atomic E-state index is 11.8. The van der Waals surface area contributed by atoms with Crippen molar-refractivity contribution in [3.05, 3.63) is 29.8 Å². The summed E-state index contributed by atoms with van der Waals surface area (Å²) < 4.78 is 5.84. The first-order chi connectivity index (χ1) is 10.6. The minimum Gasteiger partial charge on any atom is -0.493 e. The second kappa shape index (κ2) is 8.03. The van der Waals surface area contributed by atoms with Crippen molar-refractivity contribution in [2.75, 3.05) is 26.2 Å². The van der Waals surface area contributed by atoms with Crippen molar-refractivity contribution in [1.29, 1.82) is 0 Å². The first-order valence-corrected chi connectivity index (χ1v) is 7.98. The summed E-state index contributed by atoms with van der Waals surface area (Å²) in [5.74, 6) is 1.52. The molecule has 5 nitrogen and oxygen atoms in total. The predicted octanol–water partition coefficient (Wildman–Crippen LogP) is 2.04. The van der Waals surface area contributed by atoms with E-state index in [0.717, 1.165) is 24.2 Å². The molecule has 0 atom stereocenters. The van der Waals surface area contributed by atoms with Crippen molar-refractivity contribution in [3.63, 3.8) is 0 Å². The van der Waals surface area contributed by atoms with Gasteiger partial charge in [-0.25, -0.2) is 4.79 Å². The molecule has 5 heteroatoms. The Morgan fingerprint density at radius 3 is 2.82 bits per heavy atom. The molecular formula is C17H26N2O3. The number of aliphatic hydroxyl groups excluding tert-OH is 1. The number of hydrogen-bond acceptors (Lipinski definition) is 3. The van der Waals surface area contributed by atoms with Gasteiger partial charge in [-0.3, -0.25) is 0 Å². The third kappa shape index (κ3) is 4.91. The summed E-state index contributed by atoms with van der Waals surface area (Å²) in [6, 6.07) is 7.85. The summed E-state index contributed by atoms with van der Waals surface area (Å²) in [4.78, 5) is 13.4. The van der Waals surface area contributed by atoms with Crippen molar-refractivity contribution in [1.82, 2.24) is 10.2 Å². The molecule has 0 unspecified atom stereocenters. The van der Waals surface area contributed by atoms with Gasteiger partial charge in [-0.1, -0.05) is 32.0 Å². The van der Waals surface area contributed by atoms with Crippen molar-refractivity contribution < 1.29 is 14.6 Å². The topological polar surface area (TPSA) is 61.8 Å². The molecule has 0 bridgehead atoms. The van der Waals surface area contributed by atoms with Crippen LogP contribution in [0.1, 0.15) is 25.8 Å². The van der Waals surface area contributed by atoms with E-state index in [2.05, 4.69) is 19.2 Å². The Labute approximate surface area is 132 Å². The number of carbonyl (C=O) groups excluding carboxylic acids is 1. The zero-order valence-corrected chi connectivity index (χ0v) is 13.4. The minimum atomic E-state index is -0.360. The second-order valence-corrected chi connectivity index (χ2v) is 6.18. The molecule has 1 heterocycles. The fourth-order valence-electron chi connectivity index (χ4n) is 2.29. The highest BCUT2D eigenvalue weighted by Crippen LogP contribution is 2.19. The molecule has 1 aromatic carbocycles. The van der Waals surface area contributed by atoms with Gasteiger partial charge < -0.3 is 20.1 Å². The van der Waals surface area contributed by atoms with Crippen LogP contribution in [0.15, 0.2) is 24.3 Å². The Morgan fingerprint density at radius 2 is 2.14 bits per heavy atom. The Bertz CT molecular complexity index is 485. The minimum absolute atomic E-state index is 0.108. The van der Waals surface area contributed by atoms with E-state index >= 15 is 0 Å². The molecule has 122 valence electrons. The molecule has 0 spiro atoms. The predicted molar refractivity (Wildman–Crippen MR) is 86.1 cm³/mol. The number of rotatable bonds is 7. The molecule has 1 fully saturated rings. The second-order valence-electron chi connectivity index (χ2n) is 6.18. The smallest absolute Gasteiger partial charge is 0.317 e. The number of nitrogens with zero attached hydrogens (tertiary/aromatic N) is 1. The molecule has 0 saturated carbocycles. The van der Waals surface area contributed by atoms with Crippen LogP contribution in [0.25, 0.3) is 0 Å². The highest BCUT2D eigenvalue weighted by atomic mass is 16.5. The molecule has 0 radical (unpaired) electrons. The van der Waals surface area contributed by atoms with Crippen molar-refractivity contribution in [3.8, 4) is 5.75 Å². The largest absolute Gasteiger partial charge is 0.493 e. The van der Waals surface area contributed by atoms with Gasteiger partial charge in [0.15, 0.2) is 0 Å². The number of hydrogen-bond donors (Lipinski definition) is 2. The quantitative estimate of drug-likeness (QED) is 0.810. The summed E-state index contributed by atoms with van der Waals surface area (Å²) in [6.45, 7) is 6.50. The number of amides is 2. The van der Waals surface area contributed by atoms with Gasteiger partial charge in [-0.15, -0.1) is 0 Å². The van der Waals surface area contributed by atoms with Gasteiger partial charge in [0.1, 0.15) is 5.75 Å². The fraction of sp³-hybridized carbons (Fsp3) is 0.588. The molecule has 22 heavy (non-hydrogen) atoms. The lowest BCUT2D eigenvalue weighted by Gasteiger charge is -2.35. The van der Waals surface area contributed by atoms with Gasteiger partial charge in [-0.05, 0) is 30.4 Å². The molecule has 1 aliphatic heterocycles. The number of carbonyl (C=O) groups is 1. The number of benzene rings is 1. The van der Waals surface area contributed by atoms with Crippen molar-refractivity contribution in [2.24, 2.45) is 5.92 Å². The Morgan fingerprint density at radius 1 is 1.41 bits per heavy atom. The number of ether oxygens (including phenoxy) is 1. The summed E-state index contributed by atoms with van der Waals surface area (Å²) >= 11 is 0. The third-order valence-electron chi connectivity index (χ3n) is 3.75. The fourth-order valence-corrected chi connectivity index (χ4v) is 2.29. The summed E-state index contributed by atoms with van der Waals surface area (Å²) in [7, 11) is 0. The van der Waals surface area contributed by atoms with E-state index in [1.165, 1.54) is 0 Å². The molecular weight excluding hydrogens is 280 g/mol. The Balaban J connectivity index is 1.75. The van der Waals surface area contributed by atoms with E-state index in [-0.39, 0.29) is 12.1 Å². The van der Waals surface area contributed by atoms with Gasteiger partial charge in [0.05, 0.1) is 25.8 Å². The zero-order valence-electron chi connectivity index (χ0n) is 13.4. The Hall–Kier alpha value is -1.75. The van der Waals surface area contributed by atoms with Crippen LogP contribution in [0.3, 0.4) is 0 Å². The number of β-amino-alcohol motifs (C(OH)–C–C–N with tert-alkyl or cyclic N) is 1. The molecule has 1 saturated heterocycles. The normalized spacial score (nSPS) is 14.8. The molecule has 2 N–H and O–H groups in total. The lowest BCUT2D eigenvalue weighted by molar-refractivity contribution is 0.0267. The van der Waals surface area contributed by atoms with E-state index in [1.54, 1.807) is 4.90 Å². The lowest BCUT2D eigenvalue weighted by Crippen LogP contribution is -2.56. The third-order valence-corrected chi connectivity index (χ3v) is 3.75. The summed E-state index contributed by atoms with van der Waals surface area (Å²) in [6.07, 6.45) is 1.41. The lowest BCUT2D eigenvalue weighted by atomic mass is 10.1. The van der Waals surface area contributed by atoms with E-state index in [0.29, 0.717) is 32.2 Å². The van der Waals surface area contributed by atoms with E-state index < -0.39 is 0 Å². The maximum Gasteiger partial charge on any atom is 0.317 e. The first kappa shape index (κ1) is 16.6. The number of aliphatic hydroxyl groups is 1. The van der Waals surface area contributed by atoms with Gasteiger partial charge >= 0.3 is 6.03 Å². The van der Waals surface area contributed by atoms with Crippen LogP contribution in [0.2, 0.25) is 0 Å². The number of para-hydroxylation sites is 1. The molecule has 1 aliphatic rings. The molecule has 2 amide bonds. The average molecular weight is 306 g/mol. The van der Waals surface area contributed by atoms with Crippen LogP contribution >= 0.6 is 0 Å². The molecule has 0 aromatic heterocycles. The van der Waals surface area contributed by atoms with Crippen LogP contribution in [-0.2, 0) is 6.42 Å². The summed E-state index contributed by atoms with van der Waals surface area (Å²) in [5.41, 5.74) is 1.11. The highest BCUT2D eigenvalue weighted by molar-refractivity contribution is 5.75. The molecule has 0 aliphatic carbocycles. The van der Waals surface area contributed by atoms with Gasteiger partial charge in [0.2, 0.25) is 0 Å². The number of urea groups is 1. The van der Waals surface area contributed by atoms with Gasteiger partial charge in [0, 0.05) is 6.54 Å². The molecule has 1 aromatic rings. The van der Waals surface area contributed by atoms with E-state index in [4.69, 9.17) is 4.74 Å². The van der Waals surface area contributed by atoms with E-state index in [1.807, 2.05) is 24.3 Å². The summed E-state index contributed by atoms with van der Waals surface area (Å²) in [5, 5.41) is 12.1. The monoisotopic (exact) mass is 306 g/mol. The van der Waals surface area contributed by atoms with Gasteiger partial charge in [0.25, 0.3) is 0 Å². The number of likely N-dealkylation sites (tertiary alicyclic amines) is 1. The van der Waals surface area contributed by atoms with Crippen LogP contribution in [0.4, 0.5) is 4.79 Å². The number of nitrogens with one attached hydrogen (secondary N) is 1. The zero-order chi connectivity index (χ0) is 15.9. The van der Waals surface area contributed by atoms with Crippen molar-refractivity contribution in [2.45, 2.75) is 32.8 Å². The Kier molecular flexibility index (Phi) is 6.07. The van der Waals surface area contributed by atoms with Gasteiger partial charge in [-0.2, -0.15) is 0 Å². The van der Waals surface area contributed by atoms with Crippen molar-refractivity contribution >= 4 is 6.03 Å². The average Bonchev–Trinajstić information content (AvgIpc) is 2.45. The van der Waals surface area contributed by atoms with Crippen LogP contribution in [-0.4, -0.2) is 48.4 Å². The van der Waals surface area contributed by atoms with Crippen LogP contribution < -0.4 is 10.1 Å². The highest BCUT2D eigenvalue weighted by Gasteiger charge is 2.28. The first-order valence-electron chi connectivity index (χ1n) is 7.98. The van der Waals surface area contributed by atoms with Crippen LogP contribution in [0.5, 0.6) is 5.75 Å². The standard InChI is InChI=1S/C17H26N2O3/c1-13(2)8-10-22-16-6-4-3-5-14(16)7-9-18-17(21)19-11-15(20)12-19/h3-6,13,15,20H,7-12H2,1-2H3,(H,18,21). The maximum absolute atomic E-state index is 11.8. The van der Waals surface area contributed by atoms with Crippen LogP contribution in [0, 0.1) is 5.92 Å². The van der Waals surface area contributed by atoms with E-state index in [9.17, 15) is 9.90 Å².